The van der Waals surface area contributed by atoms with Crippen molar-refractivity contribution in [3.05, 3.63) is 34.3 Å². The van der Waals surface area contributed by atoms with Crippen LogP contribution in [0.1, 0.15) is 26.3 Å². The zero-order valence-electron chi connectivity index (χ0n) is 16.8. The number of hydrogen-bond donors (Lipinski definition) is 1. The standard InChI is InChI=1S/C17H22ClN4O6P/c1-16(2,3)28-15(24)20-17(13(21-19)29(25,26-5)27-6)11-9-10(18)7-8-12(11)22(4)14(17)23/h7-9H,1-6H3,(H,20,24)/t17-/m1/s1. The molecule has 1 aliphatic rings. The van der Waals surface area contributed by atoms with E-state index in [1.165, 1.54) is 30.1 Å². The van der Waals surface area contributed by atoms with Crippen LogP contribution in [0.3, 0.4) is 0 Å². The second-order valence-corrected chi connectivity index (χ2v) is 9.77. The second-order valence-electron chi connectivity index (χ2n) is 7.19. The topological polar surface area (TPSA) is 131 Å². The van der Waals surface area contributed by atoms with E-state index in [2.05, 4.69) is 10.1 Å². The van der Waals surface area contributed by atoms with Crippen LogP contribution in [0.2, 0.25) is 5.02 Å². The molecule has 2 amide bonds. The lowest BCUT2D eigenvalue weighted by atomic mass is 9.92. The van der Waals surface area contributed by atoms with Gasteiger partial charge in [0.15, 0.2) is 0 Å². The molecule has 1 aromatic rings. The summed E-state index contributed by atoms with van der Waals surface area (Å²) in [7, 11) is -0.763. The van der Waals surface area contributed by atoms with Gasteiger partial charge in [0.1, 0.15) is 5.60 Å². The first-order valence-electron chi connectivity index (χ1n) is 8.40. The van der Waals surface area contributed by atoms with Gasteiger partial charge in [0, 0.05) is 31.9 Å². The number of alkyl carbamates (subject to hydrolysis) is 1. The van der Waals surface area contributed by atoms with Crippen molar-refractivity contribution in [3.63, 3.8) is 0 Å². The van der Waals surface area contributed by atoms with Gasteiger partial charge >= 0.3 is 19.1 Å². The predicted octanol–water partition coefficient (Wildman–Crippen LogP) is 3.15. The first-order chi connectivity index (χ1) is 13.4. The number of ether oxygens (including phenoxy) is 1. The fraction of sp³-hybridized carbons (Fsp3) is 0.471. The average molecular weight is 445 g/mol. The van der Waals surface area contributed by atoms with Crippen LogP contribution in [-0.2, 0) is 28.7 Å². The zero-order valence-corrected chi connectivity index (χ0v) is 18.5. The second kappa shape index (κ2) is 7.89. The predicted molar refractivity (Wildman–Crippen MR) is 106 cm³/mol. The molecule has 1 aromatic carbocycles. The molecule has 0 radical (unpaired) electrons. The summed E-state index contributed by atoms with van der Waals surface area (Å²) in [6, 6.07) is 4.46. The van der Waals surface area contributed by atoms with Crippen molar-refractivity contribution in [2.24, 2.45) is 0 Å². The van der Waals surface area contributed by atoms with Crippen LogP contribution < -0.4 is 10.2 Å². The summed E-state index contributed by atoms with van der Waals surface area (Å²) in [5, 5.41) is 2.63. The molecule has 1 aliphatic heterocycles. The first-order valence-corrected chi connectivity index (χ1v) is 10.3. The highest BCUT2D eigenvalue weighted by Crippen LogP contribution is 2.56. The van der Waals surface area contributed by atoms with E-state index >= 15 is 0 Å². The maximum absolute atomic E-state index is 13.4. The Bertz CT molecular complexity index is 948. The normalized spacial score (nSPS) is 18.9. The minimum atomic E-state index is -4.31. The molecule has 0 aromatic heterocycles. The van der Waals surface area contributed by atoms with Gasteiger partial charge in [-0.25, -0.2) is 9.36 Å². The number of rotatable bonds is 5. The van der Waals surface area contributed by atoms with Gasteiger partial charge in [-0.2, -0.15) is 4.79 Å². The third-order valence-corrected chi connectivity index (χ3v) is 6.35. The van der Waals surface area contributed by atoms with Crippen molar-refractivity contribution in [1.82, 2.24) is 5.32 Å². The van der Waals surface area contributed by atoms with Crippen molar-refractivity contribution < 1.29 is 32.7 Å². The van der Waals surface area contributed by atoms with Crippen LogP contribution in [-0.4, -0.2) is 49.1 Å². The summed E-state index contributed by atoms with van der Waals surface area (Å²) in [6.45, 7) is 4.88. The molecule has 12 heteroatoms. The molecule has 0 bridgehead atoms. The first kappa shape index (κ1) is 23.1. The Hall–Kier alpha value is -2.22. The molecular formula is C17H22ClN4O6P. The van der Waals surface area contributed by atoms with Crippen LogP contribution >= 0.6 is 19.2 Å². The summed E-state index contributed by atoms with van der Waals surface area (Å²) in [5.74, 6) is -0.775. The van der Waals surface area contributed by atoms with E-state index in [0.717, 1.165) is 14.2 Å². The molecule has 0 spiro atoms. The Morgan fingerprint density at radius 2 is 1.90 bits per heavy atom. The van der Waals surface area contributed by atoms with E-state index in [9.17, 15) is 19.7 Å². The number of hydrogen-bond acceptors (Lipinski definition) is 6. The molecule has 1 heterocycles. The number of benzene rings is 1. The van der Waals surface area contributed by atoms with Gasteiger partial charge < -0.3 is 24.2 Å². The van der Waals surface area contributed by atoms with Crippen molar-refractivity contribution in [3.8, 4) is 0 Å². The number of likely N-dealkylation sites (N-methyl/N-ethyl adjacent to an activating group) is 1. The largest absolute Gasteiger partial charge is 0.444 e. The third-order valence-electron chi connectivity index (χ3n) is 4.21. The number of amides is 2. The van der Waals surface area contributed by atoms with Gasteiger partial charge in [-0.1, -0.05) is 11.6 Å². The number of nitrogens with zero attached hydrogens (tertiary/aromatic N) is 3. The summed E-state index contributed by atoms with van der Waals surface area (Å²) in [4.78, 5) is 30.3. The minimum Gasteiger partial charge on any atom is -0.444 e. The lowest BCUT2D eigenvalue weighted by Crippen LogP contribution is -2.58. The van der Waals surface area contributed by atoms with E-state index in [1.807, 2.05) is 0 Å². The molecule has 10 nitrogen and oxygen atoms in total. The highest BCUT2D eigenvalue weighted by Gasteiger charge is 2.67. The van der Waals surface area contributed by atoms with Crippen molar-refractivity contribution in [2.45, 2.75) is 31.9 Å². The third kappa shape index (κ3) is 3.95. The quantitative estimate of drug-likeness (QED) is 0.321. The molecule has 0 saturated carbocycles. The fourth-order valence-corrected chi connectivity index (χ4v) is 4.47. The van der Waals surface area contributed by atoms with Gasteiger partial charge in [-0.15, -0.1) is 0 Å². The van der Waals surface area contributed by atoms with Gasteiger partial charge in [-0.3, -0.25) is 10.1 Å². The van der Waals surface area contributed by atoms with Gasteiger partial charge in [0.25, 0.3) is 11.4 Å². The van der Waals surface area contributed by atoms with Gasteiger partial charge in [0.2, 0.25) is 0 Å². The molecule has 0 fully saturated rings. The molecule has 0 saturated heterocycles. The summed E-state index contributed by atoms with van der Waals surface area (Å²) < 4.78 is 28.3. The highest BCUT2D eigenvalue weighted by atomic mass is 35.5. The molecule has 1 atom stereocenters. The Morgan fingerprint density at radius 3 is 2.38 bits per heavy atom. The lowest BCUT2D eigenvalue weighted by molar-refractivity contribution is -0.123. The van der Waals surface area contributed by atoms with Crippen LogP contribution in [0.25, 0.3) is 5.53 Å². The Morgan fingerprint density at radius 1 is 1.31 bits per heavy atom. The van der Waals surface area contributed by atoms with E-state index in [0.29, 0.717) is 5.69 Å². The lowest BCUT2D eigenvalue weighted by Gasteiger charge is -2.28. The zero-order chi connectivity index (χ0) is 22.2. The Kier molecular flexibility index (Phi) is 6.28. The van der Waals surface area contributed by atoms with Crippen molar-refractivity contribution in [2.75, 3.05) is 26.2 Å². The fourth-order valence-electron chi connectivity index (χ4n) is 3.01. The number of anilines is 1. The smallest absolute Gasteiger partial charge is 0.440 e. The van der Waals surface area contributed by atoms with Gasteiger partial charge in [0.05, 0.1) is 5.69 Å². The summed E-state index contributed by atoms with van der Waals surface area (Å²) in [5.41, 5.74) is 6.33. The number of carbonyl (C=O) groups is 2. The SMILES string of the molecule is COP(=O)(OC)C(=[N+]=[N-])[C@@]1(NC(=O)OC(C)(C)C)C(=O)N(C)c2ccc(Cl)cc21. The number of fused-ring (bicyclic) bond motifs is 1. The van der Waals surface area contributed by atoms with E-state index in [1.54, 1.807) is 20.8 Å². The molecule has 29 heavy (non-hydrogen) atoms. The van der Waals surface area contributed by atoms with Crippen molar-refractivity contribution >= 4 is 42.3 Å². The maximum Gasteiger partial charge on any atom is 0.440 e. The number of halogens is 1. The number of nitrogens with one attached hydrogen (secondary N) is 1. The molecular weight excluding hydrogens is 423 g/mol. The molecule has 0 aliphatic carbocycles. The van der Waals surface area contributed by atoms with E-state index in [-0.39, 0.29) is 10.6 Å². The van der Waals surface area contributed by atoms with Crippen LogP contribution in [0.5, 0.6) is 0 Å². The summed E-state index contributed by atoms with van der Waals surface area (Å²) in [6.07, 6.45) is -1.02. The van der Waals surface area contributed by atoms with Crippen LogP contribution in [0, 0.1) is 0 Å². The number of carbonyl (C=O) groups excluding carboxylic acids is 2. The van der Waals surface area contributed by atoms with E-state index in [4.69, 9.17) is 25.4 Å². The minimum absolute atomic E-state index is 0.116. The van der Waals surface area contributed by atoms with Crippen LogP contribution in [0.4, 0.5) is 10.5 Å². The molecule has 2 rings (SSSR count). The van der Waals surface area contributed by atoms with Crippen LogP contribution in [0.15, 0.2) is 18.2 Å². The maximum atomic E-state index is 13.4. The monoisotopic (exact) mass is 444 g/mol. The summed E-state index contributed by atoms with van der Waals surface area (Å²) >= 11 is 6.11. The highest BCUT2D eigenvalue weighted by molar-refractivity contribution is 7.72. The van der Waals surface area contributed by atoms with Crippen molar-refractivity contribution in [1.29, 1.82) is 0 Å². The van der Waals surface area contributed by atoms with Gasteiger partial charge in [-0.05, 0) is 39.0 Å². The van der Waals surface area contributed by atoms with E-state index < -0.39 is 36.2 Å². The molecule has 0 unspecified atom stereocenters. The Balaban J connectivity index is 2.83. The molecule has 158 valence electrons. The molecule has 1 N–H and O–H groups in total. The average Bonchev–Trinajstić information content (AvgIpc) is 2.82. The Labute approximate surface area is 173 Å².